The third-order valence-electron chi connectivity index (χ3n) is 5.00. The minimum absolute atomic E-state index is 0.275. The number of cyclic esters (lactones) is 1. The molecule has 0 bridgehead atoms. The van der Waals surface area contributed by atoms with Crippen LogP contribution in [0.15, 0.2) is 12.1 Å². The van der Waals surface area contributed by atoms with Crippen LogP contribution >= 0.6 is 0 Å². The molecule has 3 aliphatic rings. The van der Waals surface area contributed by atoms with Crippen molar-refractivity contribution in [1.82, 2.24) is 10.2 Å². The number of carbonyl (C=O) groups is 1. The molecule has 0 aliphatic carbocycles. The summed E-state index contributed by atoms with van der Waals surface area (Å²) in [4.78, 5) is 14.2. The zero-order valence-corrected chi connectivity index (χ0v) is 13.2. The van der Waals surface area contributed by atoms with Crippen molar-refractivity contribution >= 4 is 5.97 Å². The van der Waals surface area contributed by atoms with Crippen molar-refractivity contribution in [1.29, 1.82) is 0 Å². The Morgan fingerprint density at radius 3 is 3.13 bits per heavy atom. The van der Waals surface area contributed by atoms with Crippen LogP contribution in [0.2, 0.25) is 0 Å². The summed E-state index contributed by atoms with van der Waals surface area (Å²) in [6.07, 6.45) is -0.142. The van der Waals surface area contributed by atoms with Crippen molar-refractivity contribution in [3.63, 3.8) is 0 Å². The zero-order valence-electron chi connectivity index (χ0n) is 13.2. The number of fused-ring (bicyclic) bond motifs is 2. The summed E-state index contributed by atoms with van der Waals surface area (Å²) in [7, 11) is 0. The molecule has 2 fully saturated rings. The molecule has 1 aromatic carbocycles. The number of piperazine rings is 1. The van der Waals surface area contributed by atoms with Gasteiger partial charge in [0, 0.05) is 49.8 Å². The first-order valence-corrected chi connectivity index (χ1v) is 8.22. The van der Waals surface area contributed by atoms with Crippen molar-refractivity contribution in [2.24, 2.45) is 0 Å². The summed E-state index contributed by atoms with van der Waals surface area (Å²) >= 11 is 0. The fraction of sp³-hybridized carbons (Fsp3) is 0.588. The normalized spacial score (nSPS) is 31.2. The fourth-order valence-corrected chi connectivity index (χ4v) is 3.74. The van der Waals surface area contributed by atoms with Gasteiger partial charge in [-0.05, 0) is 13.0 Å². The summed E-state index contributed by atoms with van der Waals surface area (Å²) < 4.78 is 26.1. The van der Waals surface area contributed by atoms with Gasteiger partial charge in [-0.1, -0.05) is 6.07 Å². The average Bonchev–Trinajstić information content (AvgIpc) is 2.55. The number of hydrogen-bond acceptors (Lipinski definition) is 5. The number of esters is 1. The lowest BCUT2D eigenvalue weighted by Gasteiger charge is -2.43. The van der Waals surface area contributed by atoms with Crippen LogP contribution in [0.3, 0.4) is 0 Å². The van der Waals surface area contributed by atoms with Gasteiger partial charge in [0.05, 0.1) is 18.3 Å². The molecule has 0 unspecified atom stereocenters. The Balaban J connectivity index is 1.62. The third-order valence-corrected chi connectivity index (χ3v) is 5.00. The Kier molecular flexibility index (Phi) is 3.83. The number of benzene rings is 1. The molecule has 5 nitrogen and oxygen atoms in total. The van der Waals surface area contributed by atoms with Crippen LogP contribution in [0.4, 0.5) is 4.39 Å². The summed E-state index contributed by atoms with van der Waals surface area (Å²) in [5.41, 5.74) is 1.38. The number of halogens is 1. The van der Waals surface area contributed by atoms with E-state index in [1.807, 2.05) is 0 Å². The van der Waals surface area contributed by atoms with Gasteiger partial charge in [0.25, 0.3) is 0 Å². The molecule has 0 amide bonds. The van der Waals surface area contributed by atoms with Crippen LogP contribution in [-0.4, -0.2) is 55.8 Å². The Hall–Kier alpha value is -1.50. The predicted molar refractivity (Wildman–Crippen MR) is 81.9 cm³/mol. The quantitative estimate of drug-likeness (QED) is 0.790. The molecule has 1 aromatic rings. The smallest absolute Gasteiger partial charge is 0.338 e. The minimum atomic E-state index is -0.434. The molecule has 4 rings (SSSR count). The molecule has 124 valence electrons. The van der Waals surface area contributed by atoms with Crippen molar-refractivity contribution in [3.8, 4) is 0 Å². The van der Waals surface area contributed by atoms with Gasteiger partial charge in [-0.2, -0.15) is 0 Å². The van der Waals surface area contributed by atoms with E-state index in [9.17, 15) is 9.18 Å². The van der Waals surface area contributed by atoms with Gasteiger partial charge in [0.15, 0.2) is 0 Å². The van der Waals surface area contributed by atoms with Crippen molar-refractivity contribution in [2.75, 3.05) is 32.8 Å². The second-order valence-corrected chi connectivity index (χ2v) is 6.59. The molecule has 23 heavy (non-hydrogen) atoms. The lowest BCUT2D eigenvalue weighted by Crippen LogP contribution is -2.57. The lowest BCUT2D eigenvalue weighted by molar-refractivity contribution is -0.0730. The Morgan fingerprint density at radius 1 is 1.39 bits per heavy atom. The van der Waals surface area contributed by atoms with Crippen molar-refractivity contribution < 1.29 is 18.7 Å². The van der Waals surface area contributed by atoms with Gasteiger partial charge in [-0.25, -0.2) is 9.18 Å². The summed E-state index contributed by atoms with van der Waals surface area (Å²) in [5.74, 6) is -0.736. The average molecular weight is 320 g/mol. The van der Waals surface area contributed by atoms with E-state index in [1.165, 1.54) is 0 Å². The van der Waals surface area contributed by atoms with Crippen LogP contribution in [-0.2, 0) is 15.9 Å². The number of ether oxygens (including phenoxy) is 2. The van der Waals surface area contributed by atoms with Crippen LogP contribution < -0.4 is 5.32 Å². The Morgan fingerprint density at radius 2 is 2.26 bits per heavy atom. The van der Waals surface area contributed by atoms with Gasteiger partial charge in [-0.15, -0.1) is 0 Å². The van der Waals surface area contributed by atoms with Gasteiger partial charge < -0.3 is 14.8 Å². The van der Waals surface area contributed by atoms with Crippen LogP contribution in [0, 0.1) is 5.82 Å². The van der Waals surface area contributed by atoms with Crippen molar-refractivity contribution in [2.45, 2.75) is 31.6 Å². The third kappa shape index (κ3) is 2.65. The van der Waals surface area contributed by atoms with E-state index in [-0.39, 0.29) is 18.0 Å². The summed E-state index contributed by atoms with van der Waals surface area (Å²) in [6.45, 7) is 5.92. The maximum Gasteiger partial charge on any atom is 0.338 e. The van der Waals surface area contributed by atoms with E-state index >= 15 is 0 Å². The molecule has 2 saturated heterocycles. The second kappa shape index (κ2) is 5.85. The highest BCUT2D eigenvalue weighted by Crippen LogP contribution is 2.32. The number of nitrogens with one attached hydrogen (secondary N) is 1. The molecule has 6 heteroatoms. The fourth-order valence-electron chi connectivity index (χ4n) is 3.74. The molecule has 0 radical (unpaired) electrons. The maximum absolute atomic E-state index is 15.0. The van der Waals surface area contributed by atoms with Crippen LogP contribution in [0.5, 0.6) is 0 Å². The van der Waals surface area contributed by atoms with E-state index < -0.39 is 5.97 Å². The summed E-state index contributed by atoms with van der Waals surface area (Å²) in [5, 5.41) is 3.35. The van der Waals surface area contributed by atoms with Gasteiger partial charge >= 0.3 is 5.97 Å². The van der Waals surface area contributed by atoms with Gasteiger partial charge in [-0.3, -0.25) is 4.90 Å². The number of carbonyl (C=O) groups excluding carboxylic acids is 1. The first kappa shape index (κ1) is 15.1. The van der Waals surface area contributed by atoms with Crippen LogP contribution in [0.25, 0.3) is 0 Å². The number of morpholine rings is 1. The number of hydrogen-bond donors (Lipinski definition) is 1. The monoisotopic (exact) mass is 320 g/mol. The number of nitrogens with zero attached hydrogens (tertiary/aromatic N) is 1. The highest BCUT2D eigenvalue weighted by molar-refractivity contribution is 5.92. The molecule has 3 aliphatic heterocycles. The predicted octanol–water partition coefficient (Wildman–Crippen LogP) is 1.27. The second-order valence-electron chi connectivity index (χ2n) is 6.59. The molecule has 1 N–H and O–H groups in total. The van der Waals surface area contributed by atoms with E-state index in [0.717, 1.165) is 19.6 Å². The first-order chi connectivity index (χ1) is 11.1. The molecule has 0 aromatic heterocycles. The Labute approximate surface area is 134 Å². The Bertz CT molecular complexity index is 637. The molecular formula is C17H21FN2O3. The van der Waals surface area contributed by atoms with Crippen LogP contribution in [0.1, 0.15) is 34.5 Å². The largest absolute Gasteiger partial charge is 0.459 e. The zero-order chi connectivity index (χ0) is 16.0. The SMILES string of the molecule is C[C@H]1Cc2c(ccc([C@H]3CN4CCNC[C@@H]4CO3)c2F)C(=O)O1. The van der Waals surface area contributed by atoms with Gasteiger partial charge in [0.2, 0.25) is 0 Å². The summed E-state index contributed by atoms with van der Waals surface area (Å²) in [6, 6.07) is 3.73. The highest BCUT2D eigenvalue weighted by atomic mass is 19.1. The van der Waals surface area contributed by atoms with Crippen molar-refractivity contribution in [3.05, 3.63) is 34.6 Å². The molecule has 3 heterocycles. The van der Waals surface area contributed by atoms with E-state index in [0.29, 0.717) is 42.3 Å². The highest BCUT2D eigenvalue weighted by Gasteiger charge is 2.34. The standard InChI is InChI=1S/C17H21FN2O3/c1-10-6-14-12(17(21)23-10)2-3-13(16(14)18)15-8-20-5-4-19-7-11(20)9-22-15/h2-3,10-11,15,19H,4-9H2,1H3/t10-,11+,15+/m0/s1. The number of rotatable bonds is 1. The van der Waals surface area contributed by atoms with E-state index in [1.54, 1.807) is 19.1 Å². The van der Waals surface area contributed by atoms with E-state index in [4.69, 9.17) is 9.47 Å². The molecule has 0 spiro atoms. The molecule has 3 atom stereocenters. The molecular weight excluding hydrogens is 299 g/mol. The first-order valence-electron chi connectivity index (χ1n) is 8.22. The molecule has 0 saturated carbocycles. The minimum Gasteiger partial charge on any atom is -0.459 e. The maximum atomic E-state index is 15.0. The topological polar surface area (TPSA) is 50.8 Å². The van der Waals surface area contributed by atoms with Gasteiger partial charge in [0.1, 0.15) is 11.9 Å². The lowest BCUT2D eigenvalue weighted by atomic mass is 9.93. The van der Waals surface area contributed by atoms with E-state index in [2.05, 4.69) is 10.2 Å².